The first-order valence-corrected chi connectivity index (χ1v) is 10.9. The van der Waals surface area contributed by atoms with Crippen LogP contribution in [0.3, 0.4) is 0 Å². The lowest BCUT2D eigenvalue weighted by atomic mass is 10.1. The van der Waals surface area contributed by atoms with Gasteiger partial charge in [0, 0.05) is 19.1 Å². The van der Waals surface area contributed by atoms with E-state index in [1.807, 2.05) is 11.4 Å². The number of fused-ring (bicyclic) bond motifs is 1. The van der Waals surface area contributed by atoms with Crippen molar-refractivity contribution in [3.8, 4) is 0 Å². The SMILES string of the molecule is O=S(=O)(NC1CCN(c2ncnc3sccc23)CC1)c1cccs1. The van der Waals surface area contributed by atoms with E-state index in [0.717, 1.165) is 42.0 Å². The van der Waals surface area contributed by atoms with Crippen molar-refractivity contribution in [3.63, 3.8) is 0 Å². The Morgan fingerprint density at radius 1 is 1.12 bits per heavy atom. The van der Waals surface area contributed by atoms with Gasteiger partial charge in [0.15, 0.2) is 0 Å². The van der Waals surface area contributed by atoms with Crippen LogP contribution in [0.5, 0.6) is 0 Å². The highest BCUT2D eigenvalue weighted by Gasteiger charge is 2.26. The lowest BCUT2D eigenvalue weighted by Crippen LogP contribution is -2.44. The first-order valence-electron chi connectivity index (χ1n) is 7.62. The maximum Gasteiger partial charge on any atom is 0.250 e. The zero-order valence-corrected chi connectivity index (χ0v) is 15.2. The summed E-state index contributed by atoms with van der Waals surface area (Å²) in [6.45, 7) is 1.55. The molecule has 0 amide bonds. The van der Waals surface area contributed by atoms with E-state index in [2.05, 4.69) is 19.6 Å². The van der Waals surface area contributed by atoms with Crippen molar-refractivity contribution in [3.05, 3.63) is 35.3 Å². The quantitative estimate of drug-likeness (QED) is 0.753. The fraction of sp³-hybridized carbons (Fsp3) is 0.333. The van der Waals surface area contributed by atoms with Crippen molar-refractivity contribution in [2.75, 3.05) is 18.0 Å². The van der Waals surface area contributed by atoms with E-state index in [1.165, 1.54) is 11.3 Å². The molecule has 3 aromatic rings. The Kier molecular flexibility index (Phi) is 4.25. The van der Waals surface area contributed by atoms with Gasteiger partial charge in [-0.2, -0.15) is 0 Å². The van der Waals surface area contributed by atoms with Crippen molar-refractivity contribution in [1.82, 2.24) is 14.7 Å². The summed E-state index contributed by atoms with van der Waals surface area (Å²) in [7, 11) is -3.40. The summed E-state index contributed by atoms with van der Waals surface area (Å²) in [5.41, 5.74) is 0. The summed E-state index contributed by atoms with van der Waals surface area (Å²) < 4.78 is 27.8. The van der Waals surface area contributed by atoms with Crippen LogP contribution < -0.4 is 9.62 Å². The molecule has 3 aromatic heterocycles. The van der Waals surface area contributed by atoms with Crippen LogP contribution in [0.15, 0.2) is 39.5 Å². The molecule has 9 heteroatoms. The summed E-state index contributed by atoms with van der Waals surface area (Å²) in [4.78, 5) is 11.9. The summed E-state index contributed by atoms with van der Waals surface area (Å²) in [6, 6.07) is 5.40. The van der Waals surface area contributed by atoms with Gasteiger partial charge in [-0.15, -0.1) is 22.7 Å². The third-order valence-electron chi connectivity index (χ3n) is 4.12. The molecule has 0 bridgehead atoms. The van der Waals surface area contributed by atoms with E-state index in [1.54, 1.807) is 35.2 Å². The van der Waals surface area contributed by atoms with Gasteiger partial charge < -0.3 is 4.90 Å². The number of nitrogens with zero attached hydrogens (tertiary/aromatic N) is 3. The fourth-order valence-corrected chi connectivity index (χ4v) is 5.97. The van der Waals surface area contributed by atoms with E-state index in [0.29, 0.717) is 4.21 Å². The first kappa shape index (κ1) is 15.9. The van der Waals surface area contributed by atoms with Gasteiger partial charge in [0.05, 0.1) is 5.39 Å². The van der Waals surface area contributed by atoms with Crippen LogP contribution in [0.25, 0.3) is 10.2 Å². The molecule has 0 radical (unpaired) electrons. The minimum absolute atomic E-state index is 0.0341. The smallest absolute Gasteiger partial charge is 0.250 e. The molecule has 0 aliphatic carbocycles. The number of thiophene rings is 2. The number of piperidine rings is 1. The van der Waals surface area contributed by atoms with Crippen molar-refractivity contribution in [1.29, 1.82) is 0 Å². The summed E-state index contributed by atoms with van der Waals surface area (Å²) in [6.07, 6.45) is 3.13. The van der Waals surface area contributed by atoms with Crippen LogP contribution in [-0.4, -0.2) is 37.5 Å². The normalized spacial score (nSPS) is 16.8. The van der Waals surface area contributed by atoms with E-state index in [-0.39, 0.29) is 6.04 Å². The lowest BCUT2D eigenvalue weighted by molar-refractivity contribution is 0.459. The Morgan fingerprint density at radius 3 is 2.71 bits per heavy atom. The van der Waals surface area contributed by atoms with E-state index in [9.17, 15) is 8.42 Å². The average Bonchev–Trinajstić information content (AvgIpc) is 3.27. The predicted octanol–water partition coefficient (Wildman–Crippen LogP) is 2.70. The van der Waals surface area contributed by atoms with Crippen LogP contribution >= 0.6 is 22.7 Å². The first-order chi connectivity index (χ1) is 11.6. The highest BCUT2D eigenvalue weighted by molar-refractivity contribution is 7.91. The van der Waals surface area contributed by atoms with E-state index in [4.69, 9.17) is 0 Å². The topological polar surface area (TPSA) is 75.2 Å². The Morgan fingerprint density at radius 2 is 1.96 bits per heavy atom. The minimum Gasteiger partial charge on any atom is -0.356 e. The molecule has 1 aliphatic rings. The minimum atomic E-state index is -3.40. The van der Waals surface area contributed by atoms with Crippen LogP contribution in [-0.2, 0) is 10.0 Å². The molecule has 0 aromatic carbocycles. The standard InChI is InChI=1S/C15H16N4O2S3/c20-24(21,13-2-1-8-22-13)18-11-3-6-19(7-4-11)14-12-5-9-23-15(12)17-10-16-14/h1-2,5,8-11,18H,3-4,6-7H2. The Labute approximate surface area is 148 Å². The molecule has 1 aliphatic heterocycles. The van der Waals surface area contributed by atoms with E-state index < -0.39 is 10.0 Å². The van der Waals surface area contributed by atoms with Crippen LogP contribution in [0.1, 0.15) is 12.8 Å². The average molecular weight is 381 g/mol. The summed E-state index contributed by atoms with van der Waals surface area (Å²) in [5, 5.41) is 4.86. The zero-order chi connectivity index (χ0) is 16.6. The predicted molar refractivity (Wildman–Crippen MR) is 97.3 cm³/mol. The van der Waals surface area contributed by atoms with Crippen LogP contribution in [0.4, 0.5) is 5.82 Å². The Bertz CT molecular complexity index is 929. The highest BCUT2D eigenvalue weighted by atomic mass is 32.2. The van der Waals surface area contributed by atoms with Gasteiger partial charge in [-0.3, -0.25) is 0 Å². The lowest BCUT2D eigenvalue weighted by Gasteiger charge is -2.33. The number of hydrogen-bond donors (Lipinski definition) is 1. The van der Waals surface area contributed by atoms with Crippen molar-refractivity contribution < 1.29 is 8.42 Å². The summed E-state index contributed by atoms with van der Waals surface area (Å²) in [5.74, 6) is 0.945. The number of sulfonamides is 1. The molecule has 24 heavy (non-hydrogen) atoms. The summed E-state index contributed by atoms with van der Waals surface area (Å²) >= 11 is 2.85. The maximum absolute atomic E-state index is 12.3. The molecule has 6 nitrogen and oxygen atoms in total. The van der Waals surface area contributed by atoms with Gasteiger partial charge in [-0.25, -0.2) is 23.1 Å². The molecule has 1 fully saturated rings. The molecule has 4 heterocycles. The van der Waals surface area contributed by atoms with Gasteiger partial charge in [-0.05, 0) is 35.7 Å². The second kappa shape index (κ2) is 6.40. The van der Waals surface area contributed by atoms with Crippen LogP contribution in [0, 0.1) is 0 Å². The highest BCUT2D eigenvalue weighted by Crippen LogP contribution is 2.29. The number of aromatic nitrogens is 2. The zero-order valence-electron chi connectivity index (χ0n) is 12.8. The van der Waals surface area contributed by atoms with Gasteiger partial charge in [-0.1, -0.05) is 6.07 Å². The maximum atomic E-state index is 12.3. The molecule has 0 saturated carbocycles. The molecule has 0 spiro atoms. The molecule has 1 N–H and O–H groups in total. The molecular weight excluding hydrogens is 364 g/mol. The fourth-order valence-electron chi connectivity index (χ4n) is 2.93. The number of anilines is 1. The van der Waals surface area contributed by atoms with Crippen molar-refractivity contribution in [2.24, 2.45) is 0 Å². The van der Waals surface area contributed by atoms with E-state index >= 15 is 0 Å². The monoisotopic (exact) mass is 380 g/mol. The van der Waals surface area contributed by atoms with Gasteiger partial charge in [0.2, 0.25) is 10.0 Å². The van der Waals surface area contributed by atoms with Gasteiger partial charge in [0.25, 0.3) is 0 Å². The number of nitrogens with one attached hydrogen (secondary N) is 1. The van der Waals surface area contributed by atoms with Gasteiger partial charge in [0.1, 0.15) is 21.2 Å². The number of hydrogen-bond acceptors (Lipinski definition) is 7. The molecule has 0 atom stereocenters. The van der Waals surface area contributed by atoms with Gasteiger partial charge >= 0.3 is 0 Å². The van der Waals surface area contributed by atoms with Crippen molar-refractivity contribution in [2.45, 2.75) is 23.1 Å². The largest absolute Gasteiger partial charge is 0.356 e. The Hall–Kier alpha value is -1.55. The molecule has 4 rings (SSSR count). The molecular formula is C15H16N4O2S3. The molecule has 126 valence electrons. The molecule has 0 unspecified atom stereocenters. The second-order valence-corrected chi connectivity index (χ2v) is 9.43. The number of rotatable bonds is 4. The third-order valence-corrected chi connectivity index (χ3v) is 7.86. The second-order valence-electron chi connectivity index (χ2n) is 5.65. The molecule has 1 saturated heterocycles. The Balaban J connectivity index is 1.45. The van der Waals surface area contributed by atoms with Crippen molar-refractivity contribution >= 4 is 48.7 Å². The van der Waals surface area contributed by atoms with Crippen LogP contribution in [0.2, 0.25) is 0 Å². The third kappa shape index (κ3) is 3.04.